The molecule has 0 radical (unpaired) electrons. The zero-order valence-electron chi connectivity index (χ0n) is 14.8. The largest absolute Gasteiger partial charge is 0.357 e. The van der Waals surface area contributed by atoms with Crippen molar-refractivity contribution >= 4 is 41.7 Å². The second-order valence-electron chi connectivity index (χ2n) is 5.89. The molecule has 6 heteroatoms. The summed E-state index contributed by atoms with van der Waals surface area (Å²) in [5.41, 5.74) is 1.40. The number of nitrogens with zero attached hydrogens (tertiary/aromatic N) is 2. The molecule has 1 heterocycles. The van der Waals surface area contributed by atoms with Crippen molar-refractivity contribution in [3.8, 4) is 0 Å². The highest BCUT2D eigenvalue weighted by atomic mass is 127. The number of likely N-dealkylation sites (tertiary alicyclic amines) is 1. The molecule has 1 aliphatic rings. The lowest BCUT2D eigenvalue weighted by atomic mass is 10.2. The monoisotopic (exact) mass is 462 g/mol. The summed E-state index contributed by atoms with van der Waals surface area (Å²) in [7, 11) is 0. The molecule has 0 aliphatic carbocycles. The number of hydrogen-bond donors (Lipinski definition) is 2. The van der Waals surface area contributed by atoms with E-state index in [9.17, 15) is 0 Å². The van der Waals surface area contributed by atoms with E-state index < -0.39 is 0 Å². The molecular weight excluding hydrogens is 431 g/mol. The van der Waals surface area contributed by atoms with Gasteiger partial charge < -0.3 is 10.6 Å². The minimum atomic E-state index is 0. The summed E-state index contributed by atoms with van der Waals surface area (Å²) in [5, 5.41) is 6.75. The summed E-state index contributed by atoms with van der Waals surface area (Å²) in [4.78, 5) is 7.38. The van der Waals surface area contributed by atoms with Crippen LogP contribution in [0.25, 0.3) is 0 Å². The van der Waals surface area contributed by atoms with E-state index in [1.165, 1.54) is 24.9 Å². The van der Waals surface area contributed by atoms with Crippen molar-refractivity contribution in [1.82, 2.24) is 15.5 Å². The highest BCUT2D eigenvalue weighted by Gasteiger charge is 2.24. The zero-order chi connectivity index (χ0) is 16.3. The van der Waals surface area contributed by atoms with E-state index in [1.54, 1.807) is 0 Å². The van der Waals surface area contributed by atoms with Crippen LogP contribution in [0.2, 0.25) is 0 Å². The second kappa shape index (κ2) is 12.8. The van der Waals surface area contributed by atoms with Crippen molar-refractivity contribution in [1.29, 1.82) is 0 Å². The third-order valence-corrected chi connectivity index (χ3v) is 4.74. The van der Waals surface area contributed by atoms with Crippen LogP contribution in [0.4, 0.5) is 0 Å². The van der Waals surface area contributed by atoms with Crippen LogP contribution in [-0.2, 0) is 6.54 Å². The topological polar surface area (TPSA) is 39.7 Å². The first kappa shape index (κ1) is 21.6. The molecule has 0 saturated carbocycles. The first-order valence-electron chi connectivity index (χ1n) is 8.62. The molecule has 0 spiro atoms. The fourth-order valence-electron chi connectivity index (χ4n) is 2.94. The molecule has 4 nitrogen and oxygen atoms in total. The Morgan fingerprint density at radius 2 is 2.08 bits per heavy atom. The molecule has 0 bridgehead atoms. The van der Waals surface area contributed by atoms with Gasteiger partial charge in [0.15, 0.2) is 5.96 Å². The van der Waals surface area contributed by atoms with Gasteiger partial charge in [-0.2, -0.15) is 11.8 Å². The van der Waals surface area contributed by atoms with Gasteiger partial charge in [0.1, 0.15) is 0 Å². The van der Waals surface area contributed by atoms with Crippen LogP contribution in [-0.4, -0.2) is 55.1 Å². The molecule has 1 aromatic rings. The van der Waals surface area contributed by atoms with Gasteiger partial charge in [-0.3, -0.25) is 9.89 Å². The van der Waals surface area contributed by atoms with Crippen molar-refractivity contribution in [2.75, 3.05) is 38.2 Å². The van der Waals surface area contributed by atoms with Crippen LogP contribution in [0.15, 0.2) is 35.3 Å². The van der Waals surface area contributed by atoms with Crippen LogP contribution in [0.1, 0.15) is 25.3 Å². The molecule has 1 fully saturated rings. The van der Waals surface area contributed by atoms with E-state index in [2.05, 4.69) is 59.0 Å². The minimum absolute atomic E-state index is 0. The number of thioether (sulfide) groups is 1. The Labute approximate surface area is 168 Å². The van der Waals surface area contributed by atoms with Crippen molar-refractivity contribution in [3.05, 3.63) is 35.9 Å². The fourth-order valence-corrected chi connectivity index (χ4v) is 3.24. The predicted molar refractivity (Wildman–Crippen MR) is 118 cm³/mol. The third-order valence-electron chi connectivity index (χ3n) is 4.13. The van der Waals surface area contributed by atoms with Crippen LogP contribution in [0.5, 0.6) is 0 Å². The van der Waals surface area contributed by atoms with E-state index in [-0.39, 0.29) is 24.0 Å². The second-order valence-corrected chi connectivity index (χ2v) is 6.88. The van der Waals surface area contributed by atoms with Gasteiger partial charge in [-0.15, -0.1) is 24.0 Å². The Kier molecular flexibility index (Phi) is 11.5. The predicted octanol–water partition coefficient (Wildman–Crippen LogP) is 3.19. The highest BCUT2D eigenvalue weighted by molar-refractivity contribution is 14.0. The number of hydrogen-bond acceptors (Lipinski definition) is 3. The summed E-state index contributed by atoms with van der Waals surface area (Å²) in [6, 6.07) is 11.3. The lowest BCUT2D eigenvalue weighted by Crippen LogP contribution is -2.40. The Balaban J connectivity index is 0.00000288. The van der Waals surface area contributed by atoms with Crippen LogP contribution in [0.3, 0.4) is 0 Å². The first-order valence-corrected chi connectivity index (χ1v) is 10.0. The van der Waals surface area contributed by atoms with Crippen LogP contribution in [0, 0.1) is 0 Å². The lowest BCUT2D eigenvalue weighted by molar-refractivity contribution is 0.250. The normalized spacial score (nSPS) is 18.2. The first-order chi connectivity index (χ1) is 11.3. The molecule has 24 heavy (non-hydrogen) atoms. The molecule has 1 aromatic carbocycles. The average molecular weight is 462 g/mol. The maximum atomic E-state index is 4.80. The summed E-state index contributed by atoms with van der Waals surface area (Å²) < 4.78 is 0. The molecule has 1 unspecified atom stereocenters. The number of nitrogens with one attached hydrogen (secondary N) is 2. The van der Waals surface area contributed by atoms with Crippen molar-refractivity contribution in [3.63, 3.8) is 0 Å². The third kappa shape index (κ3) is 7.61. The van der Waals surface area contributed by atoms with Gasteiger partial charge in [-0.25, -0.2) is 0 Å². The highest BCUT2D eigenvalue weighted by Crippen LogP contribution is 2.20. The molecule has 1 aliphatic heterocycles. The van der Waals surface area contributed by atoms with E-state index in [4.69, 9.17) is 4.99 Å². The summed E-state index contributed by atoms with van der Waals surface area (Å²) >= 11 is 1.85. The SMILES string of the molecule is CCNC(=NCC1CCCN1Cc1ccccc1)NCCSC.I. The van der Waals surface area contributed by atoms with Crippen LogP contribution < -0.4 is 10.6 Å². The maximum Gasteiger partial charge on any atom is 0.191 e. The molecule has 0 aromatic heterocycles. The van der Waals surface area contributed by atoms with Gasteiger partial charge in [0.2, 0.25) is 0 Å². The van der Waals surface area contributed by atoms with Crippen molar-refractivity contribution in [2.45, 2.75) is 32.4 Å². The van der Waals surface area contributed by atoms with Crippen molar-refractivity contribution < 1.29 is 0 Å². The summed E-state index contributed by atoms with van der Waals surface area (Å²) in [6.07, 6.45) is 4.66. The molecule has 1 atom stereocenters. The Hall–Kier alpha value is -0.470. The Morgan fingerprint density at radius 3 is 2.79 bits per heavy atom. The van der Waals surface area contributed by atoms with Gasteiger partial charge in [0.05, 0.1) is 6.54 Å². The average Bonchev–Trinajstić information content (AvgIpc) is 3.01. The maximum absolute atomic E-state index is 4.80. The van der Waals surface area contributed by atoms with E-state index in [0.29, 0.717) is 6.04 Å². The van der Waals surface area contributed by atoms with E-state index in [0.717, 1.165) is 37.9 Å². The van der Waals surface area contributed by atoms with Crippen LogP contribution >= 0.6 is 35.7 Å². The molecule has 2 N–H and O–H groups in total. The number of rotatable bonds is 8. The van der Waals surface area contributed by atoms with E-state index in [1.807, 2.05) is 11.8 Å². The smallest absolute Gasteiger partial charge is 0.191 e. The molecule has 0 amide bonds. The van der Waals surface area contributed by atoms with Gasteiger partial charge in [0.25, 0.3) is 0 Å². The number of guanidine groups is 1. The number of aliphatic imine (C=N–C) groups is 1. The fraction of sp³-hybridized carbons (Fsp3) is 0.611. The number of benzene rings is 1. The lowest BCUT2D eigenvalue weighted by Gasteiger charge is -2.23. The molecular formula is C18H31IN4S. The molecule has 136 valence electrons. The summed E-state index contributed by atoms with van der Waals surface area (Å²) in [5.74, 6) is 2.06. The number of halogens is 1. The Morgan fingerprint density at radius 1 is 1.29 bits per heavy atom. The quantitative estimate of drug-likeness (QED) is 0.270. The van der Waals surface area contributed by atoms with Gasteiger partial charge in [-0.05, 0) is 38.1 Å². The van der Waals surface area contributed by atoms with Gasteiger partial charge in [-0.1, -0.05) is 30.3 Å². The summed E-state index contributed by atoms with van der Waals surface area (Å²) in [6.45, 7) is 7.09. The Bertz CT molecular complexity index is 469. The minimum Gasteiger partial charge on any atom is -0.357 e. The molecule has 1 saturated heterocycles. The van der Waals surface area contributed by atoms with E-state index >= 15 is 0 Å². The standard InChI is InChI=1S/C18H30N4S.HI/c1-3-19-18(20-11-13-23-2)21-14-17-10-7-12-22(17)15-16-8-5-4-6-9-16;/h4-6,8-9,17H,3,7,10-15H2,1-2H3,(H2,19,20,21);1H. The van der Waals surface area contributed by atoms with Gasteiger partial charge >= 0.3 is 0 Å². The zero-order valence-corrected chi connectivity index (χ0v) is 18.0. The van der Waals surface area contributed by atoms with Gasteiger partial charge in [0, 0.05) is 31.4 Å². The molecule has 2 rings (SSSR count). The van der Waals surface area contributed by atoms with Crippen molar-refractivity contribution in [2.24, 2.45) is 4.99 Å².